The number of hydrogen-bond acceptors (Lipinski definition) is 4. The van der Waals surface area contributed by atoms with Gasteiger partial charge in [0.05, 0.1) is 11.4 Å². The molecule has 3 N–H and O–H groups in total. The molecule has 8 heteroatoms. The van der Waals surface area contributed by atoms with Crippen molar-refractivity contribution < 1.29 is 18.0 Å². The van der Waals surface area contributed by atoms with Crippen LogP contribution in [0.2, 0.25) is 0 Å². The Morgan fingerprint density at radius 3 is 2.00 bits per heavy atom. The van der Waals surface area contributed by atoms with Crippen molar-refractivity contribution in [3.05, 3.63) is 89.0 Å². The molecule has 0 fully saturated rings. The van der Waals surface area contributed by atoms with Gasteiger partial charge in [0, 0.05) is 16.9 Å². The first-order valence-corrected chi connectivity index (χ1v) is 11.5. The number of carbonyl (C=O) groups is 2. The number of amides is 2. The summed E-state index contributed by atoms with van der Waals surface area (Å²) in [6.07, 6.45) is 0. The van der Waals surface area contributed by atoms with E-state index >= 15 is 0 Å². The summed E-state index contributed by atoms with van der Waals surface area (Å²) in [7, 11) is -3.78. The lowest BCUT2D eigenvalue weighted by Gasteiger charge is -2.12. The molecule has 0 spiro atoms. The molecule has 7 nitrogen and oxygen atoms in total. The zero-order chi connectivity index (χ0) is 23.3. The number of rotatable bonds is 7. The van der Waals surface area contributed by atoms with E-state index in [-0.39, 0.29) is 22.9 Å². The zero-order valence-electron chi connectivity index (χ0n) is 18.1. The van der Waals surface area contributed by atoms with Gasteiger partial charge in [0.25, 0.3) is 15.9 Å². The number of para-hydroxylation sites is 1. The van der Waals surface area contributed by atoms with Gasteiger partial charge < -0.3 is 10.6 Å². The van der Waals surface area contributed by atoms with E-state index in [0.717, 1.165) is 22.4 Å². The van der Waals surface area contributed by atoms with Gasteiger partial charge in [-0.05, 0) is 68.3 Å². The lowest BCUT2D eigenvalue weighted by atomic mass is 10.1. The molecule has 32 heavy (non-hydrogen) atoms. The molecule has 0 aliphatic rings. The van der Waals surface area contributed by atoms with E-state index in [9.17, 15) is 18.0 Å². The molecule has 166 valence electrons. The van der Waals surface area contributed by atoms with Crippen LogP contribution < -0.4 is 15.4 Å². The zero-order valence-corrected chi connectivity index (χ0v) is 18.9. The van der Waals surface area contributed by atoms with Crippen molar-refractivity contribution in [1.82, 2.24) is 5.32 Å². The van der Waals surface area contributed by atoms with Gasteiger partial charge >= 0.3 is 0 Å². The maximum absolute atomic E-state index is 12.5. The van der Waals surface area contributed by atoms with E-state index in [4.69, 9.17) is 0 Å². The molecule has 0 aliphatic carbocycles. The van der Waals surface area contributed by atoms with Gasteiger partial charge in [-0.15, -0.1) is 0 Å². The first kappa shape index (κ1) is 23.0. The summed E-state index contributed by atoms with van der Waals surface area (Å²) in [6.45, 7) is 5.49. The van der Waals surface area contributed by atoms with Gasteiger partial charge in [0.1, 0.15) is 0 Å². The van der Waals surface area contributed by atoms with Crippen LogP contribution in [0, 0.1) is 20.8 Å². The van der Waals surface area contributed by atoms with Crippen molar-refractivity contribution >= 4 is 33.2 Å². The highest BCUT2D eigenvalue weighted by Gasteiger charge is 2.16. The average molecular weight is 452 g/mol. The molecule has 0 aromatic heterocycles. The minimum Gasteiger partial charge on any atom is -0.343 e. The van der Waals surface area contributed by atoms with Crippen molar-refractivity contribution in [3.63, 3.8) is 0 Å². The summed E-state index contributed by atoms with van der Waals surface area (Å²) in [6, 6.07) is 18.2. The molecule has 0 aliphatic heterocycles. The topological polar surface area (TPSA) is 104 Å². The number of nitrogens with one attached hydrogen (secondary N) is 3. The van der Waals surface area contributed by atoms with Crippen molar-refractivity contribution in [2.75, 3.05) is 16.6 Å². The number of sulfonamides is 1. The van der Waals surface area contributed by atoms with E-state index in [1.54, 1.807) is 12.1 Å². The molecule has 3 aromatic rings. The molecule has 0 unspecified atom stereocenters. The average Bonchev–Trinajstić information content (AvgIpc) is 2.76. The third kappa shape index (κ3) is 5.73. The quantitative estimate of drug-likeness (QED) is 0.508. The van der Waals surface area contributed by atoms with Gasteiger partial charge in [-0.25, -0.2) is 8.42 Å². The number of hydrogen-bond donors (Lipinski definition) is 3. The summed E-state index contributed by atoms with van der Waals surface area (Å²) in [5.41, 5.74) is 4.31. The number of aryl methyl sites for hydroxylation is 3. The monoisotopic (exact) mass is 451 g/mol. The second-order valence-corrected chi connectivity index (χ2v) is 9.18. The summed E-state index contributed by atoms with van der Waals surface area (Å²) in [5, 5.41) is 5.34. The van der Waals surface area contributed by atoms with Crippen LogP contribution in [0.5, 0.6) is 0 Å². The first-order chi connectivity index (χ1) is 15.2. The third-order valence-electron chi connectivity index (χ3n) is 4.89. The molecular weight excluding hydrogens is 426 g/mol. The van der Waals surface area contributed by atoms with Gasteiger partial charge in [-0.3, -0.25) is 14.3 Å². The normalized spacial score (nSPS) is 11.0. The Kier molecular flexibility index (Phi) is 6.95. The summed E-state index contributed by atoms with van der Waals surface area (Å²) in [4.78, 5) is 24.6. The third-order valence-corrected chi connectivity index (χ3v) is 6.28. The van der Waals surface area contributed by atoms with Gasteiger partial charge in [0.2, 0.25) is 5.91 Å². The van der Waals surface area contributed by atoms with E-state index in [1.165, 1.54) is 24.3 Å². The second-order valence-electron chi connectivity index (χ2n) is 7.49. The summed E-state index contributed by atoms with van der Waals surface area (Å²) >= 11 is 0. The van der Waals surface area contributed by atoms with Gasteiger partial charge in [-0.2, -0.15) is 0 Å². The van der Waals surface area contributed by atoms with Crippen molar-refractivity contribution in [3.8, 4) is 0 Å². The van der Waals surface area contributed by atoms with Crippen LogP contribution >= 0.6 is 0 Å². The maximum atomic E-state index is 12.5. The number of carbonyl (C=O) groups excluding carboxylic acids is 2. The second kappa shape index (κ2) is 9.65. The van der Waals surface area contributed by atoms with Crippen LogP contribution in [0.15, 0.2) is 71.6 Å². The van der Waals surface area contributed by atoms with Crippen LogP contribution in [0.3, 0.4) is 0 Å². The first-order valence-electron chi connectivity index (χ1n) is 9.99. The molecular formula is C24H25N3O4S. The fourth-order valence-corrected chi connectivity index (χ4v) is 4.14. The van der Waals surface area contributed by atoms with Crippen LogP contribution in [-0.4, -0.2) is 26.8 Å². The molecule has 0 bridgehead atoms. The smallest absolute Gasteiger partial charge is 0.261 e. The fraction of sp³-hybridized carbons (Fsp3) is 0.167. The highest BCUT2D eigenvalue weighted by atomic mass is 32.2. The molecule has 0 radical (unpaired) electrons. The lowest BCUT2D eigenvalue weighted by Crippen LogP contribution is -2.33. The Balaban J connectivity index is 1.59. The number of benzene rings is 3. The predicted octanol–water partition coefficient (Wildman–Crippen LogP) is 3.78. The molecule has 3 rings (SSSR count). The standard InChI is InChI=1S/C24H25N3O4S/c1-16-7-11-20(12-8-16)27-32(30,31)21-13-9-19(10-14-21)24(29)25-15-22(28)26-23-17(2)5-4-6-18(23)3/h4-14,27H,15H2,1-3H3,(H,25,29)(H,26,28). The molecule has 2 amide bonds. The lowest BCUT2D eigenvalue weighted by molar-refractivity contribution is -0.115. The Labute approximate surface area is 187 Å². The van der Waals surface area contributed by atoms with Crippen LogP contribution in [0.1, 0.15) is 27.0 Å². The van der Waals surface area contributed by atoms with E-state index < -0.39 is 15.9 Å². The summed E-state index contributed by atoms with van der Waals surface area (Å²) < 4.78 is 27.6. The van der Waals surface area contributed by atoms with E-state index in [0.29, 0.717) is 5.69 Å². The summed E-state index contributed by atoms with van der Waals surface area (Å²) in [5.74, 6) is -0.825. The minimum atomic E-state index is -3.78. The van der Waals surface area contributed by atoms with Crippen LogP contribution in [0.25, 0.3) is 0 Å². The fourth-order valence-electron chi connectivity index (χ4n) is 3.08. The van der Waals surface area contributed by atoms with E-state index in [2.05, 4.69) is 15.4 Å². The molecule has 0 atom stereocenters. The Morgan fingerprint density at radius 1 is 0.812 bits per heavy atom. The van der Waals surface area contributed by atoms with Gasteiger partial charge in [-0.1, -0.05) is 35.9 Å². The Bertz CT molecular complexity index is 1210. The highest BCUT2D eigenvalue weighted by Crippen LogP contribution is 2.19. The Hall–Kier alpha value is -3.65. The van der Waals surface area contributed by atoms with Crippen molar-refractivity contribution in [2.24, 2.45) is 0 Å². The van der Waals surface area contributed by atoms with Crippen molar-refractivity contribution in [2.45, 2.75) is 25.7 Å². The largest absolute Gasteiger partial charge is 0.343 e. The predicted molar refractivity (Wildman–Crippen MR) is 125 cm³/mol. The number of anilines is 2. The molecule has 3 aromatic carbocycles. The van der Waals surface area contributed by atoms with Gasteiger partial charge in [0.15, 0.2) is 0 Å². The molecule has 0 saturated heterocycles. The Morgan fingerprint density at radius 2 is 1.41 bits per heavy atom. The maximum Gasteiger partial charge on any atom is 0.261 e. The molecule has 0 heterocycles. The van der Waals surface area contributed by atoms with Crippen LogP contribution in [0.4, 0.5) is 11.4 Å². The minimum absolute atomic E-state index is 0.0300. The van der Waals surface area contributed by atoms with E-state index in [1.807, 2.05) is 51.1 Å². The SMILES string of the molecule is Cc1ccc(NS(=O)(=O)c2ccc(C(=O)NCC(=O)Nc3c(C)cccc3C)cc2)cc1. The van der Waals surface area contributed by atoms with Crippen LogP contribution in [-0.2, 0) is 14.8 Å². The highest BCUT2D eigenvalue weighted by molar-refractivity contribution is 7.92. The molecule has 0 saturated carbocycles. The van der Waals surface area contributed by atoms with Crippen molar-refractivity contribution in [1.29, 1.82) is 0 Å².